The average Bonchev–Trinajstić information content (AvgIpc) is 2.55. The third-order valence-corrected chi connectivity index (χ3v) is 3.39. The highest BCUT2D eigenvalue weighted by molar-refractivity contribution is 6.06. The zero-order chi connectivity index (χ0) is 17.5. The van der Waals surface area contributed by atoms with E-state index in [1.807, 2.05) is 74.5 Å². The molecule has 122 valence electrons. The number of nitrogens with one attached hydrogen (secondary N) is 2. The van der Waals surface area contributed by atoms with Gasteiger partial charge < -0.3 is 15.5 Å². The monoisotopic (exact) mass is 320 g/mol. The SMILES string of the molecule is Cc1cccc(NC(=O)/C(C#N)=C\Nc2cccc(N(C)C)c2)c1. The molecule has 0 radical (unpaired) electrons. The van der Waals surface area contributed by atoms with E-state index in [1.165, 1.54) is 6.20 Å². The summed E-state index contributed by atoms with van der Waals surface area (Å²) in [5.41, 5.74) is 3.53. The zero-order valence-electron chi connectivity index (χ0n) is 14.0. The normalized spacial score (nSPS) is 10.7. The Morgan fingerprint density at radius 2 is 1.83 bits per heavy atom. The molecule has 0 spiro atoms. The second-order valence-electron chi connectivity index (χ2n) is 5.58. The first-order valence-electron chi connectivity index (χ1n) is 7.52. The van der Waals surface area contributed by atoms with Gasteiger partial charge in [0, 0.05) is 37.4 Å². The fourth-order valence-corrected chi connectivity index (χ4v) is 2.10. The van der Waals surface area contributed by atoms with Crippen molar-refractivity contribution in [2.24, 2.45) is 0 Å². The van der Waals surface area contributed by atoms with Gasteiger partial charge in [0.15, 0.2) is 0 Å². The summed E-state index contributed by atoms with van der Waals surface area (Å²) < 4.78 is 0. The van der Waals surface area contributed by atoms with E-state index >= 15 is 0 Å². The second-order valence-corrected chi connectivity index (χ2v) is 5.58. The van der Waals surface area contributed by atoms with Gasteiger partial charge in [0.25, 0.3) is 5.91 Å². The summed E-state index contributed by atoms with van der Waals surface area (Å²) in [6.07, 6.45) is 1.42. The molecule has 0 saturated carbocycles. The molecule has 0 atom stereocenters. The summed E-state index contributed by atoms with van der Waals surface area (Å²) in [4.78, 5) is 14.2. The van der Waals surface area contributed by atoms with Crippen LogP contribution in [0.5, 0.6) is 0 Å². The van der Waals surface area contributed by atoms with Crippen LogP contribution < -0.4 is 15.5 Å². The van der Waals surface area contributed by atoms with Crippen molar-refractivity contribution < 1.29 is 4.79 Å². The smallest absolute Gasteiger partial charge is 0.267 e. The van der Waals surface area contributed by atoms with Crippen molar-refractivity contribution in [3.05, 3.63) is 65.9 Å². The summed E-state index contributed by atoms with van der Waals surface area (Å²) in [5, 5.41) is 14.9. The minimum atomic E-state index is -0.445. The Hall–Kier alpha value is -3.26. The Balaban J connectivity index is 2.10. The number of rotatable bonds is 5. The van der Waals surface area contributed by atoms with Gasteiger partial charge in [-0.3, -0.25) is 4.79 Å². The first-order chi connectivity index (χ1) is 11.5. The van der Waals surface area contributed by atoms with E-state index in [2.05, 4.69) is 10.6 Å². The fraction of sp³-hybridized carbons (Fsp3) is 0.158. The summed E-state index contributed by atoms with van der Waals surface area (Å²) in [7, 11) is 3.90. The first-order valence-corrected chi connectivity index (χ1v) is 7.52. The Morgan fingerprint density at radius 3 is 2.50 bits per heavy atom. The maximum Gasteiger partial charge on any atom is 0.267 e. The second kappa shape index (κ2) is 7.84. The molecule has 0 aliphatic heterocycles. The number of carbonyl (C=O) groups is 1. The summed E-state index contributed by atoms with van der Waals surface area (Å²) in [6, 6.07) is 17.0. The molecule has 0 aliphatic carbocycles. The lowest BCUT2D eigenvalue weighted by atomic mass is 10.2. The lowest BCUT2D eigenvalue weighted by Gasteiger charge is -2.13. The molecule has 24 heavy (non-hydrogen) atoms. The predicted octanol–water partition coefficient (Wildman–Crippen LogP) is 3.52. The van der Waals surface area contributed by atoms with Gasteiger partial charge in [0.05, 0.1) is 0 Å². The molecule has 2 rings (SSSR count). The maximum atomic E-state index is 12.2. The quantitative estimate of drug-likeness (QED) is 0.653. The molecule has 1 amide bonds. The van der Waals surface area contributed by atoms with Crippen LogP contribution in [0.4, 0.5) is 17.1 Å². The summed E-state index contributed by atoms with van der Waals surface area (Å²) in [6.45, 7) is 1.94. The van der Waals surface area contributed by atoms with Crippen molar-refractivity contribution in [3.8, 4) is 6.07 Å². The Labute approximate surface area is 142 Å². The molecule has 0 aliphatic rings. The largest absolute Gasteiger partial charge is 0.378 e. The van der Waals surface area contributed by atoms with Gasteiger partial charge in [-0.2, -0.15) is 5.26 Å². The van der Waals surface area contributed by atoms with E-state index < -0.39 is 5.91 Å². The molecular weight excluding hydrogens is 300 g/mol. The first kappa shape index (κ1) is 17.1. The van der Waals surface area contributed by atoms with Crippen LogP contribution in [-0.2, 0) is 4.79 Å². The van der Waals surface area contributed by atoms with Crippen molar-refractivity contribution in [1.29, 1.82) is 5.26 Å². The van der Waals surface area contributed by atoms with Gasteiger partial charge in [0.2, 0.25) is 0 Å². The lowest BCUT2D eigenvalue weighted by Crippen LogP contribution is -2.14. The molecule has 0 heterocycles. The number of hydrogen-bond acceptors (Lipinski definition) is 4. The molecule has 0 fully saturated rings. The number of carbonyl (C=O) groups excluding carboxylic acids is 1. The minimum Gasteiger partial charge on any atom is -0.378 e. The van der Waals surface area contributed by atoms with Crippen LogP contribution in [0.2, 0.25) is 0 Å². The van der Waals surface area contributed by atoms with Crippen LogP contribution in [0.15, 0.2) is 60.3 Å². The number of anilines is 3. The van der Waals surface area contributed by atoms with Gasteiger partial charge in [-0.05, 0) is 42.8 Å². The highest BCUT2D eigenvalue weighted by Gasteiger charge is 2.09. The maximum absolute atomic E-state index is 12.2. The van der Waals surface area contributed by atoms with Crippen LogP contribution >= 0.6 is 0 Å². The van der Waals surface area contributed by atoms with Gasteiger partial charge in [-0.15, -0.1) is 0 Å². The molecule has 0 bridgehead atoms. The van der Waals surface area contributed by atoms with Crippen molar-refractivity contribution >= 4 is 23.0 Å². The molecule has 5 nitrogen and oxygen atoms in total. The van der Waals surface area contributed by atoms with Crippen LogP contribution in [0.25, 0.3) is 0 Å². The molecular formula is C19H20N4O. The third kappa shape index (κ3) is 4.62. The van der Waals surface area contributed by atoms with Gasteiger partial charge in [0.1, 0.15) is 11.6 Å². The Kier molecular flexibility index (Phi) is 5.58. The van der Waals surface area contributed by atoms with Crippen LogP contribution in [0, 0.1) is 18.3 Å². The Morgan fingerprint density at radius 1 is 1.12 bits per heavy atom. The minimum absolute atomic E-state index is 0.00626. The van der Waals surface area contributed by atoms with Gasteiger partial charge in [-0.1, -0.05) is 18.2 Å². The van der Waals surface area contributed by atoms with E-state index in [4.69, 9.17) is 0 Å². The fourth-order valence-electron chi connectivity index (χ4n) is 2.10. The van der Waals surface area contributed by atoms with E-state index in [9.17, 15) is 10.1 Å². The third-order valence-electron chi connectivity index (χ3n) is 3.39. The van der Waals surface area contributed by atoms with Crippen molar-refractivity contribution in [1.82, 2.24) is 0 Å². The highest BCUT2D eigenvalue weighted by atomic mass is 16.1. The van der Waals surface area contributed by atoms with Crippen molar-refractivity contribution in [3.63, 3.8) is 0 Å². The summed E-state index contributed by atoms with van der Waals surface area (Å²) in [5.74, 6) is -0.445. The summed E-state index contributed by atoms with van der Waals surface area (Å²) >= 11 is 0. The molecule has 0 unspecified atom stereocenters. The molecule has 0 saturated heterocycles. The molecule has 0 aromatic heterocycles. The molecule has 2 aromatic carbocycles. The predicted molar refractivity (Wildman–Crippen MR) is 97.9 cm³/mol. The average molecular weight is 320 g/mol. The number of amides is 1. The number of nitrogens with zero attached hydrogens (tertiary/aromatic N) is 2. The van der Waals surface area contributed by atoms with E-state index in [0.717, 1.165) is 16.9 Å². The van der Waals surface area contributed by atoms with Gasteiger partial charge >= 0.3 is 0 Å². The highest BCUT2D eigenvalue weighted by Crippen LogP contribution is 2.17. The van der Waals surface area contributed by atoms with Crippen molar-refractivity contribution in [2.75, 3.05) is 29.6 Å². The standard InChI is InChI=1S/C19H20N4O/c1-14-6-4-8-17(10-14)22-19(24)15(12-20)13-21-16-7-5-9-18(11-16)23(2)3/h4-11,13,21H,1-3H3,(H,22,24)/b15-13-. The van der Waals surface area contributed by atoms with Crippen LogP contribution in [0.3, 0.4) is 0 Å². The number of aryl methyl sites for hydroxylation is 1. The lowest BCUT2D eigenvalue weighted by molar-refractivity contribution is -0.112. The molecule has 5 heteroatoms. The number of hydrogen-bond donors (Lipinski definition) is 2. The number of nitriles is 1. The topological polar surface area (TPSA) is 68.2 Å². The zero-order valence-corrected chi connectivity index (χ0v) is 14.0. The van der Waals surface area contributed by atoms with Crippen LogP contribution in [0.1, 0.15) is 5.56 Å². The van der Waals surface area contributed by atoms with Crippen molar-refractivity contribution in [2.45, 2.75) is 6.92 Å². The van der Waals surface area contributed by atoms with E-state index in [0.29, 0.717) is 5.69 Å². The van der Waals surface area contributed by atoms with E-state index in [-0.39, 0.29) is 5.57 Å². The molecule has 2 N–H and O–H groups in total. The number of benzene rings is 2. The molecule has 2 aromatic rings. The van der Waals surface area contributed by atoms with E-state index in [1.54, 1.807) is 6.07 Å². The Bertz CT molecular complexity index is 803. The van der Waals surface area contributed by atoms with Crippen LogP contribution in [-0.4, -0.2) is 20.0 Å². The van der Waals surface area contributed by atoms with Gasteiger partial charge in [-0.25, -0.2) is 0 Å².